The summed E-state index contributed by atoms with van der Waals surface area (Å²) < 4.78 is 33.1. The molecule has 0 amide bonds. The van der Waals surface area contributed by atoms with Gasteiger partial charge in [0.2, 0.25) is 5.82 Å². The molecule has 1 fully saturated rings. The quantitative estimate of drug-likeness (QED) is 0.727. The zero-order valence-corrected chi connectivity index (χ0v) is 14.2. The van der Waals surface area contributed by atoms with Crippen molar-refractivity contribution in [1.82, 2.24) is 0 Å². The first-order chi connectivity index (χ1) is 11.1. The van der Waals surface area contributed by atoms with Crippen LogP contribution in [0, 0.1) is 23.5 Å². The van der Waals surface area contributed by atoms with Crippen LogP contribution in [0.15, 0.2) is 12.1 Å². The van der Waals surface area contributed by atoms with Gasteiger partial charge in [0.25, 0.3) is 0 Å². The van der Waals surface area contributed by atoms with E-state index >= 15 is 0 Å². The summed E-state index contributed by atoms with van der Waals surface area (Å²) in [6, 6.07) is 2.84. The maximum Gasteiger partial charge on any atom is 0.200 e. The second kappa shape index (κ2) is 8.62. The summed E-state index contributed by atoms with van der Waals surface area (Å²) in [6.45, 7) is 4.20. The third-order valence-electron chi connectivity index (χ3n) is 4.96. The molecule has 2 nitrogen and oxygen atoms in total. The zero-order chi connectivity index (χ0) is 16.8. The van der Waals surface area contributed by atoms with Crippen molar-refractivity contribution in [2.24, 2.45) is 11.8 Å². The van der Waals surface area contributed by atoms with Crippen LogP contribution in [0.5, 0.6) is 5.75 Å². The Bertz CT molecular complexity index is 496. The molecule has 23 heavy (non-hydrogen) atoms. The van der Waals surface area contributed by atoms with Crippen LogP contribution in [-0.2, 0) is 0 Å². The number of benzene rings is 1. The second-order valence-electron chi connectivity index (χ2n) is 6.64. The second-order valence-corrected chi connectivity index (χ2v) is 6.64. The molecule has 1 N–H and O–H groups in total. The van der Waals surface area contributed by atoms with Crippen molar-refractivity contribution in [3.05, 3.63) is 29.3 Å². The molecule has 1 aromatic carbocycles. The Morgan fingerprint density at radius 3 is 2.35 bits per heavy atom. The number of aliphatic hydroxyl groups is 1. The van der Waals surface area contributed by atoms with Crippen LogP contribution < -0.4 is 4.74 Å². The van der Waals surface area contributed by atoms with E-state index in [1.54, 1.807) is 6.92 Å². The average Bonchev–Trinajstić information content (AvgIpc) is 2.54. The SMILES string of the molecule is CCCC1CCC(CC(O)c2ccc(OCC)c(F)c2F)CC1. The number of aliphatic hydroxyl groups excluding tert-OH is 1. The molecule has 0 radical (unpaired) electrons. The highest BCUT2D eigenvalue weighted by Crippen LogP contribution is 2.37. The van der Waals surface area contributed by atoms with Crippen LogP contribution in [0.1, 0.15) is 70.5 Å². The van der Waals surface area contributed by atoms with Crippen LogP contribution in [0.25, 0.3) is 0 Å². The molecule has 0 spiro atoms. The predicted octanol–water partition coefficient (Wildman–Crippen LogP) is 5.39. The summed E-state index contributed by atoms with van der Waals surface area (Å²) in [4.78, 5) is 0. The molecule has 1 atom stereocenters. The van der Waals surface area contributed by atoms with Gasteiger partial charge in [0, 0.05) is 5.56 Å². The molecule has 0 heterocycles. The van der Waals surface area contributed by atoms with Gasteiger partial charge >= 0.3 is 0 Å². The minimum atomic E-state index is -1.00. The maximum absolute atomic E-state index is 14.1. The van der Waals surface area contributed by atoms with Crippen molar-refractivity contribution < 1.29 is 18.6 Å². The van der Waals surface area contributed by atoms with Gasteiger partial charge in [-0.25, -0.2) is 4.39 Å². The summed E-state index contributed by atoms with van der Waals surface area (Å²) in [5.41, 5.74) is 0.0432. The minimum absolute atomic E-state index is 0.0432. The highest BCUT2D eigenvalue weighted by atomic mass is 19.2. The van der Waals surface area contributed by atoms with Gasteiger partial charge in [-0.15, -0.1) is 0 Å². The highest BCUT2D eigenvalue weighted by Gasteiger charge is 2.26. The molecular weight excluding hydrogens is 298 g/mol. The highest BCUT2D eigenvalue weighted by molar-refractivity contribution is 5.32. The summed E-state index contributed by atoms with van der Waals surface area (Å²) >= 11 is 0. The van der Waals surface area contributed by atoms with E-state index in [9.17, 15) is 13.9 Å². The first-order valence-electron chi connectivity index (χ1n) is 8.85. The van der Waals surface area contributed by atoms with Gasteiger partial charge in [0.1, 0.15) is 0 Å². The molecule has 130 valence electrons. The average molecular weight is 326 g/mol. The van der Waals surface area contributed by atoms with Crippen molar-refractivity contribution in [1.29, 1.82) is 0 Å². The van der Waals surface area contributed by atoms with Gasteiger partial charge < -0.3 is 9.84 Å². The normalized spacial score (nSPS) is 22.8. The van der Waals surface area contributed by atoms with Crippen molar-refractivity contribution in [2.75, 3.05) is 6.61 Å². The summed E-state index contributed by atoms with van der Waals surface area (Å²) in [6.07, 6.45) is 6.56. The van der Waals surface area contributed by atoms with E-state index in [1.807, 2.05) is 0 Å². The van der Waals surface area contributed by atoms with Crippen LogP contribution in [0.4, 0.5) is 8.78 Å². The molecule has 0 bridgehead atoms. The molecule has 4 heteroatoms. The largest absolute Gasteiger partial charge is 0.491 e. The number of hydrogen-bond acceptors (Lipinski definition) is 2. The molecule has 1 unspecified atom stereocenters. The van der Waals surface area contributed by atoms with Crippen molar-refractivity contribution >= 4 is 0 Å². The van der Waals surface area contributed by atoms with Gasteiger partial charge in [0.05, 0.1) is 12.7 Å². The minimum Gasteiger partial charge on any atom is -0.491 e. The number of hydrogen-bond donors (Lipinski definition) is 1. The Morgan fingerprint density at radius 2 is 1.74 bits per heavy atom. The van der Waals surface area contributed by atoms with Gasteiger partial charge in [-0.2, -0.15) is 4.39 Å². The number of halogens is 2. The Hall–Kier alpha value is -1.16. The molecule has 1 aromatic rings. The van der Waals surface area contributed by atoms with Gasteiger partial charge in [-0.05, 0) is 37.3 Å². The molecule has 2 rings (SSSR count). The lowest BCUT2D eigenvalue weighted by atomic mass is 9.77. The van der Waals surface area contributed by atoms with Crippen molar-refractivity contribution in [3.63, 3.8) is 0 Å². The fraction of sp³-hybridized carbons (Fsp3) is 0.684. The van der Waals surface area contributed by atoms with Gasteiger partial charge in [-0.3, -0.25) is 0 Å². The topological polar surface area (TPSA) is 29.5 Å². The first kappa shape index (κ1) is 18.2. The Morgan fingerprint density at radius 1 is 1.09 bits per heavy atom. The Kier molecular flexibility index (Phi) is 6.82. The van der Waals surface area contributed by atoms with Crippen molar-refractivity contribution in [3.8, 4) is 5.75 Å². The predicted molar refractivity (Wildman–Crippen MR) is 87.5 cm³/mol. The summed E-state index contributed by atoms with van der Waals surface area (Å²) in [5.74, 6) is -0.889. The van der Waals surface area contributed by atoms with E-state index in [0.29, 0.717) is 12.3 Å². The lowest BCUT2D eigenvalue weighted by Gasteiger charge is -2.29. The summed E-state index contributed by atoms with van der Waals surface area (Å²) in [5, 5.41) is 10.3. The molecule has 1 saturated carbocycles. The lowest BCUT2D eigenvalue weighted by Crippen LogP contribution is -2.17. The third kappa shape index (κ3) is 4.66. The number of ether oxygens (including phenoxy) is 1. The molecular formula is C19H28F2O2. The van der Waals surface area contributed by atoms with Gasteiger partial charge in [-0.1, -0.05) is 45.4 Å². The van der Waals surface area contributed by atoms with Crippen LogP contribution in [0.3, 0.4) is 0 Å². The fourth-order valence-corrected chi connectivity index (χ4v) is 3.68. The van der Waals surface area contributed by atoms with Crippen molar-refractivity contribution in [2.45, 2.75) is 64.9 Å². The zero-order valence-electron chi connectivity index (χ0n) is 14.2. The Labute approximate surface area is 137 Å². The monoisotopic (exact) mass is 326 g/mol. The first-order valence-corrected chi connectivity index (χ1v) is 8.85. The van der Waals surface area contributed by atoms with E-state index in [1.165, 1.54) is 37.8 Å². The maximum atomic E-state index is 14.1. The fourth-order valence-electron chi connectivity index (χ4n) is 3.68. The molecule has 0 saturated heterocycles. The lowest BCUT2D eigenvalue weighted by molar-refractivity contribution is 0.118. The molecule has 1 aliphatic rings. The number of rotatable bonds is 7. The molecule has 1 aliphatic carbocycles. The van der Waals surface area contributed by atoms with E-state index in [-0.39, 0.29) is 17.9 Å². The molecule has 0 aliphatic heterocycles. The van der Waals surface area contributed by atoms with Gasteiger partial charge in [0.15, 0.2) is 11.6 Å². The third-order valence-corrected chi connectivity index (χ3v) is 4.96. The standard InChI is InChI=1S/C19H28F2O2/c1-3-5-13-6-8-14(9-7-13)12-16(22)15-10-11-17(23-4-2)19(21)18(15)20/h10-11,13-14,16,22H,3-9,12H2,1-2H3. The summed E-state index contributed by atoms with van der Waals surface area (Å²) in [7, 11) is 0. The van der Waals surface area contributed by atoms with E-state index in [2.05, 4.69) is 6.92 Å². The Balaban J connectivity index is 1.96. The smallest absolute Gasteiger partial charge is 0.200 e. The van der Waals surface area contributed by atoms with E-state index in [0.717, 1.165) is 18.8 Å². The van der Waals surface area contributed by atoms with Crippen LogP contribution >= 0.6 is 0 Å². The van der Waals surface area contributed by atoms with E-state index in [4.69, 9.17) is 4.74 Å². The van der Waals surface area contributed by atoms with E-state index < -0.39 is 17.7 Å². The van der Waals surface area contributed by atoms with Crippen LogP contribution in [0.2, 0.25) is 0 Å². The van der Waals surface area contributed by atoms with Crippen LogP contribution in [-0.4, -0.2) is 11.7 Å². The molecule has 0 aromatic heterocycles.